The molecular weight excluding hydrogens is 313 g/mol. The molecule has 0 amide bonds. The van der Waals surface area contributed by atoms with Gasteiger partial charge < -0.3 is 15.2 Å². The molecule has 1 atom stereocenters. The van der Waals surface area contributed by atoms with E-state index in [0.717, 1.165) is 5.69 Å². The number of aromatic nitrogens is 4. The largest absolute Gasteiger partial charge is 0.491 e. The SMILES string of the molecule is OC(CNc1nnnn1-c1ccccc1)COc1ccc(F)cc1. The second-order valence-corrected chi connectivity index (χ2v) is 5.05. The summed E-state index contributed by atoms with van der Waals surface area (Å²) in [6.07, 6.45) is -0.782. The highest BCUT2D eigenvalue weighted by Crippen LogP contribution is 2.12. The van der Waals surface area contributed by atoms with Crippen LogP contribution < -0.4 is 10.1 Å². The molecule has 1 aromatic heterocycles. The van der Waals surface area contributed by atoms with Gasteiger partial charge >= 0.3 is 0 Å². The zero-order valence-electron chi connectivity index (χ0n) is 12.7. The van der Waals surface area contributed by atoms with Crippen molar-refractivity contribution in [1.29, 1.82) is 0 Å². The van der Waals surface area contributed by atoms with E-state index in [0.29, 0.717) is 11.7 Å². The number of rotatable bonds is 7. The van der Waals surface area contributed by atoms with Crippen LogP contribution in [0.1, 0.15) is 0 Å². The summed E-state index contributed by atoms with van der Waals surface area (Å²) in [5.74, 6) is 0.573. The van der Waals surface area contributed by atoms with Gasteiger partial charge in [0.2, 0.25) is 5.95 Å². The van der Waals surface area contributed by atoms with Crippen LogP contribution in [0, 0.1) is 5.82 Å². The third-order valence-corrected chi connectivity index (χ3v) is 3.22. The molecule has 0 fully saturated rings. The fourth-order valence-electron chi connectivity index (χ4n) is 2.03. The molecule has 8 heteroatoms. The van der Waals surface area contributed by atoms with E-state index in [1.807, 2.05) is 30.3 Å². The van der Waals surface area contributed by atoms with Crippen molar-refractivity contribution in [3.63, 3.8) is 0 Å². The molecule has 0 saturated carbocycles. The molecule has 3 rings (SSSR count). The molecule has 0 aliphatic heterocycles. The Morgan fingerprint density at radius 1 is 1.12 bits per heavy atom. The number of anilines is 1. The van der Waals surface area contributed by atoms with E-state index in [4.69, 9.17) is 4.74 Å². The van der Waals surface area contributed by atoms with E-state index in [2.05, 4.69) is 20.8 Å². The highest BCUT2D eigenvalue weighted by atomic mass is 19.1. The number of nitrogens with one attached hydrogen (secondary N) is 1. The topological polar surface area (TPSA) is 85.1 Å². The van der Waals surface area contributed by atoms with Gasteiger partial charge in [0.1, 0.15) is 24.3 Å². The molecule has 7 nitrogen and oxygen atoms in total. The number of hydrogen-bond donors (Lipinski definition) is 2. The van der Waals surface area contributed by atoms with Gasteiger partial charge in [0.15, 0.2) is 0 Å². The van der Waals surface area contributed by atoms with Crippen molar-refractivity contribution in [2.45, 2.75) is 6.10 Å². The zero-order valence-corrected chi connectivity index (χ0v) is 12.7. The van der Waals surface area contributed by atoms with Gasteiger partial charge in [0.05, 0.1) is 5.69 Å². The van der Waals surface area contributed by atoms with Crippen molar-refractivity contribution in [2.75, 3.05) is 18.5 Å². The highest BCUT2D eigenvalue weighted by molar-refractivity contribution is 5.38. The van der Waals surface area contributed by atoms with Crippen molar-refractivity contribution in [2.24, 2.45) is 0 Å². The number of hydrogen-bond acceptors (Lipinski definition) is 6. The van der Waals surface area contributed by atoms with Crippen LogP contribution in [0.2, 0.25) is 0 Å². The van der Waals surface area contributed by atoms with Gasteiger partial charge in [-0.1, -0.05) is 23.3 Å². The van der Waals surface area contributed by atoms with Crippen LogP contribution in [-0.4, -0.2) is 44.6 Å². The fraction of sp³-hybridized carbons (Fsp3) is 0.188. The lowest BCUT2D eigenvalue weighted by molar-refractivity contribution is 0.117. The minimum atomic E-state index is -0.782. The van der Waals surface area contributed by atoms with Crippen LogP contribution in [0.3, 0.4) is 0 Å². The normalized spacial score (nSPS) is 11.9. The van der Waals surface area contributed by atoms with E-state index < -0.39 is 6.10 Å². The molecule has 0 radical (unpaired) electrons. The fourth-order valence-corrected chi connectivity index (χ4v) is 2.03. The Kier molecular flexibility index (Phi) is 4.97. The Balaban J connectivity index is 1.53. The average molecular weight is 329 g/mol. The Labute approximate surface area is 137 Å². The molecule has 2 N–H and O–H groups in total. The van der Waals surface area contributed by atoms with Gasteiger partial charge in [-0.05, 0) is 46.8 Å². The first-order chi connectivity index (χ1) is 11.7. The van der Waals surface area contributed by atoms with E-state index in [1.54, 1.807) is 0 Å². The monoisotopic (exact) mass is 329 g/mol. The van der Waals surface area contributed by atoms with Gasteiger partial charge in [-0.3, -0.25) is 0 Å². The standard InChI is InChI=1S/C16H16FN5O2/c17-12-6-8-15(9-7-12)24-11-14(23)10-18-16-19-20-21-22(16)13-4-2-1-3-5-13/h1-9,14,23H,10-11H2,(H,18,19,21). The lowest BCUT2D eigenvalue weighted by Gasteiger charge is -2.13. The molecule has 0 saturated heterocycles. The Morgan fingerprint density at radius 3 is 2.62 bits per heavy atom. The predicted molar refractivity (Wildman–Crippen MR) is 85.5 cm³/mol. The molecule has 2 aromatic carbocycles. The average Bonchev–Trinajstić information content (AvgIpc) is 3.09. The summed E-state index contributed by atoms with van der Waals surface area (Å²) < 4.78 is 19.7. The van der Waals surface area contributed by atoms with E-state index in [9.17, 15) is 9.50 Å². The third-order valence-electron chi connectivity index (χ3n) is 3.22. The second kappa shape index (κ2) is 7.51. The number of aliphatic hydroxyl groups is 1. The number of para-hydroxylation sites is 1. The first kappa shape index (κ1) is 15.9. The van der Waals surface area contributed by atoms with Crippen molar-refractivity contribution in [3.05, 3.63) is 60.4 Å². The van der Waals surface area contributed by atoms with E-state index >= 15 is 0 Å². The molecular formula is C16H16FN5O2. The molecule has 24 heavy (non-hydrogen) atoms. The van der Waals surface area contributed by atoms with Crippen LogP contribution in [0.25, 0.3) is 5.69 Å². The number of benzene rings is 2. The smallest absolute Gasteiger partial charge is 0.247 e. The number of ether oxygens (including phenoxy) is 1. The number of halogens is 1. The van der Waals surface area contributed by atoms with Gasteiger partial charge in [0.25, 0.3) is 0 Å². The van der Waals surface area contributed by atoms with Crippen LogP contribution in [0.4, 0.5) is 10.3 Å². The minimum Gasteiger partial charge on any atom is -0.491 e. The first-order valence-electron chi connectivity index (χ1n) is 7.36. The lowest BCUT2D eigenvalue weighted by Crippen LogP contribution is -2.27. The molecule has 0 aliphatic rings. The summed E-state index contributed by atoms with van der Waals surface area (Å²) in [5, 5.41) is 24.4. The molecule has 1 unspecified atom stereocenters. The highest BCUT2D eigenvalue weighted by Gasteiger charge is 2.11. The number of nitrogens with zero attached hydrogens (tertiary/aromatic N) is 4. The summed E-state index contributed by atoms with van der Waals surface area (Å²) in [6, 6.07) is 15.0. The van der Waals surface area contributed by atoms with Gasteiger partial charge in [-0.25, -0.2) is 4.39 Å². The maximum Gasteiger partial charge on any atom is 0.247 e. The molecule has 0 bridgehead atoms. The quantitative estimate of drug-likeness (QED) is 0.686. The summed E-state index contributed by atoms with van der Waals surface area (Å²) >= 11 is 0. The summed E-state index contributed by atoms with van der Waals surface area (Å²) in [4.78, 5) is 0. The maximum atomic E-state index is 12.8. The molecule has 0 aliphatic carbocycles. The van der Waals surface area contributed by atoms with Crippen LogP contribution in [0.15, 0.2) is 54.6 Å². The summed E-state index contributed by atoms with van der Waals surface area (Å²) in [6.45, 7) is 0.264. The molecule has 0 spiro atoms. The van der Waals surface area contributed by atoms with Crippen molar-refractivity contribution >= 4 is 5.95 Å². The number of tetrazole rings is 1. The van der Waals surface area contributed by atoms with Gasteiger partial charge in [0, 0.05) is 6.54 Å². The van der Waals surface area contributed by atoms with Crippen LogP contribution in [0.5, 0.6) is 5.75 Å². The van der Waals surface area contributed by atoms with Crippen molar-refractivity contribution in [1.82, 2.24) is 20.2 Å². The Hall–Kier alpha value is -3.00. The van der Waals surface area contributed by atoms with E-state index in [1.165, 1.54) is 28.9 Å². The molecule has 124 valence electrons. The summed E-state index contributed by atoms with van der Waals surface area (Å²) in [7, 11) is 0. The van der Waals surface area contributed by atoms with Crippen molar-refractivity contribution < 1.29 is 14.2 Å². The number of aliphatic hydroxyl groups excluding tert-OH is 1. The van der Waals surface area contributed by atoms with Crippen molar-refractivity contribution in [3.8, 4) is 11.4 Å². The Morgan fingerprint density at radius 2 is 1.88 bits per heavy atom. The summed E-state index contributed by atoms with van der Waals surface area (Å²) in [5.41, 5.74) is 0.807. The molecule has 3 aromatic rings. The zero-order chi connectivity index (χ0) is 16.8. The van der Waals surface area contributed by atoms with Gasteiger partial charge in [-0.15, -0.1) is 0 Å². The molecule has 1 heterocycles. The third kappa shape index (κ3) is 4.05. The second-order valence-electron chi connectivity index (χ2n) is 5.05. The first-order valence-corrected chi connectivity index (χ1v) is 7.36. The maximum absolute atomic E-state index is 12.8. The minimum absolute atomic E-state index is 0.0610. The van der Waals surface area contributed by atoms with E-state index in [-0.39, 0.29) is 19.0 Å². The van der Waals surface area contributed by atoms with Crippen LogP contribution >= 0.6 is 0 Å². The predicted octanol–water partition coefficient (Wildman–Crippen LogP) is 1.65. The van der Waals surface area contributed by atoms with Crippen LogP contribution in [-0.2, 0) is 0 Å². The Bertz CT molecular complexity index is 764. The lowest BCUT2D eigenvalue weighted by atomic mass is 10.3. The van der Waals surface area contributed by atoms with Gasteiger partial charge in [-0.2, -0.15) is 4.68 Å².